The van der Waals surface area contributed by atoms with Crippen LogP contribution in [0.3, 0.4) is 0 Å². The van der Waals surface area contributed by atoms with Gasteiger partial charge in [0.15, 0.2) is 0 Å². The highest BCUT2D eigenvalue weighted by molar-refractivity contribution is 6.06. The number of H-pyrrole nitrogens is 1. The fourth-order valence-corrected chi connectivity index (χ4v) is 3.77. The molecule has 1 fully saturated rings. The molecule has 3 aromatic rings. The summed E-state index contributed by atoms with van der Waals surface area (Å²) in [5, 5.41) is 3.73. The van der Waals surface area contributed by atoms with Gasteiger partial charge in [-0.3, -0.25) is 14.5 Å². The van der Waals surface area contributed by atoms with E-state index in [1.807, 2.05) is 61.7 Å². The van der Waals surface area contributed by atoms with Crippen LogP contribution in [0.5, 0.6) is 0 Å². The average Bonchev–Trinajstić information content (AvgIpc) is 3.26. The number of hydrogen-bond donors (Lipinski definition) is 2. The highest BCUT2D eigenvalue weighted by atomic mass is 16.2. The van der Waals surface area contributed by atoms with Crippen molar-refractivity contribution in [3.63, 3.8) is 0 Å². The summed E-state index contributed by atoms with van der Waals surface area (Å²) in [7, 11) is 1.68. The number of hydrogen-bond acceptors (Lipinski definition) is 3. The summed E-state index contributed by atoms with van der Waals surface area (Å²) in [5.74, 6) is -0.655. The van der Waals surface area contributed by atoms with Crippen molar-refractivity contribution >= 4 is 28.7 Å². The van der Waals surface area contributed by atoms with Gasteiger partial charge in [-0.2, -0.15) is 0 Å². The summed E-state index contributed by atoms with van der Waals surface area (Å²) in [4.78, 5) is 43.6. The number of urea groups is 1. The van der Waals surface area contributed by atoms with Gasteiger partial charge in [0.1, 0.15) is 12.6 Å². The molecule has 4 amide bonds. The van der Waals surface area contributed by atoms with E-state index in [2.05, 4.69) is 10.3 Å². The number of amides is 4. The summed E-state index contributed by atoms with van der Waals surface area (Å²) < 4.78 is 0. The van der Waals surface area contributed by atoms with Gasteiger partial charge in [-0.25, -0.2) is 4.79 Å². The maximum atomic E-state index is 12.8. The molecule has 1 unspecified atom stereocenters. The van der Waals surface area contributed by atoms with E-state index >= 15 is 0 Å². The fraction of sp³-hybridized carbons (Fsp3) is 0.261. The first-order valence-electron chi connectivity index (χ1n) is 9.89. The van der Waals surface area contributed by atoms with Gasteiger partial charge >= 0.3 is 6.03 Å². The molecule has 0 saturated carbocycles. The largest absolute Gasteiger partial charge is 0.361 e. The zero-order valence-corrected chi connectivity index (χ0v) is 17.0. The number of carbonyl (C=O) groups excluding carboxylic acids is 3. The fourth-order valence-electron chi connectivity index (χ4n) is 3.77. The van der Waals surface area contributed by atoms with Crippen LogP contribution in [-0.4, -0.2) is 52.3 Å². The van der Waals surface area contributed by atoms with E-state index in [0.717, 1.165) is 32.5 Å². The van der Waals surface area contributed by atoms with Crippen LogP contribution >= 0.6 is 0 Å². The van der Waals surface area contributed by atoms with Gasteiger partial charge in [0, 0.05) is 37.1 Å². The molecule has 7 nitrogen and oxygen atoms in total. The number of aromatic amines is 1. The zero-order chi connectivity index (χ0) is 21.3. The highest BCUT2D eigenvalue weighted by Crippen LogP contribution is 2.21. The molecule has 30 heavy (non-hydrogen) atoms. The molecule has 1 atom stereocenters. The van der Waals surface area contributed by atoms with Crippen molar-refractivity contribution in [2.45, 2.75) is 25.9 Å². The van der Waals surface area contributed by atoms with E-state index in [1.54, 1.807) is 7.05 Å². The Bertz CT molecular complexity index is 1120. The van der Waals surface area contributed by atoms with Crippen molar-refractivity contribution in [2.75, 3.05) is 13.6 Å². The molecule has 4 rings (SSSR count). The third kappa shape index (κ3) is 3.78. The summed E-state index contributed by atoms with van der Waals surface area (Å²) in [5.41, 5.74) is 4.05. The molecule has 0 radical (unpaired) electrons. The van der Waals surface area contributed by atoms with Crippen LogP contribution in [-0.2, 0) is 22.6 Å². The van der Waals surface area contributed by atoms with Crippen molar-refractivity contribution in [3.05, 3.63) is 71.4 Å². The summed E-state index contributed by atoms with van der Waals surface area (Å²) >= 11 is 0. The molecule has 2 heterocycles. The van der Waals surface area contributed by atoms with Crippen molar-refractivity contribution in [2.24, 2.45) is 0 Å². The number of para-hydroxylation sites is 1. The number of fused-ring (bicyclic) bond motifs is 1. The lowest BCUT2D eigenvalue weighted by Gasteiger charge is -2.21. The minimum absolute atomic E-state index is 0.266. The van der Waals surface area contributed by atoms with Gasteiger partial charge in [-0.15, -0.1) is 0 Å². The predicted octanol–water partition coefficient (Wildman–Crippen LogP) is 2.60. The van der Waals surface area contributed by atoms with Gasteiger partial charge in [0.25, 0.3) is 5.91 Å². The lowest BCUT2D eigenvalue weighted by molar-refractivity contribution is -0.136. The summed E-state index contributed by atoms with van der Waals surface area (Å²) in [6, 6.07) is 14.4. The topological polar surface area (TPSA) is 85.5 Å². The van der Waals surface area contributed by atoms with Crippen LogP contribution in [0.15, 0.2) is 54.7 Å². The maximum absolute atomic E-state index is 12.8. The number of nitrogens with zero attached hydrogens (tertiary/aromatic N) is 2. The zero-order valence-electron chi connectivity index (χ0n) is 17.0. The Morgan fingerprint density at radius 2 is 1.80 bits per heavy atom. The highest BCUT2D eigenvalue weighted by Gasteiger charge is 2.39. The summed E-state index contributed by atoms with van der Waals surface area (Å²) in [6.07, 6.45) is 2.23. The first-order valence-corrected chi connectivity index (χ1v) is 9.89. The van der Waals surface area contributed by atoms with Gasteiger partial charge in [-0.1, -0.05) is 42.5 Å². The van der Waals surface area contributed by atoms with Crippen LogP contribution in [0.2, 0.25) is 0 Å². The minimum atomic E-state index is -0.675. The first kappa shape index (κ1) is 19.7. The van der Waals surface area contributed by atoms with Crippen molar-refractivity contribution < 1.29 is 14.4 Å². The standard InChI is InChI=1S/C23H24N4O3/c1-15-7-3-4-8-16(15)13-26(2)21(28)14-27-22(29)20(25-23(27)30)11-17-12-24-19-10-6-5-9-18(17)19/h3-10,12,20,24H,11,13-14H2,1-2H3,(H,25,30). The Hall–Kier alpha value is -3.61. The molecular weight excluding hydrogens is 380 g/mol. The van der Waals surface area contributed by atoms with E-state index in [0.29, 0.717) is 13.0 Å². The lowest BCUT2D eigenvalue weighted by atomic mass is 10.1. The Labute approximate surface area is 174 Å². The Morgan fingerprint density at radius 1 is 1.07 bits per heavy atom. The van der Waals surface area contributed by atoms with E-state index in [9.17, 15) is 14.4 Å². The normalized spacial score (nSPS) is 16.2. The number of aromatic nitrogens is 1. The number of benzene rings is 2. The minimum Gasteiger partial charge on any atom is -0.361 e. The number of carbonyl (C=O) groups is 3. The average molecular weight is 404 g/mol. The van der Waals surface area contributed by atoms with Crippen LogP contribution in [0.1, 0.15) is 16.7 Å². The van der Waals surface area contributed by atoms with Crippen LogP contribution in [0.4, 0.5) is 4.79 Å². The molecule has 1 saturated heterocycles. The van der Waals surface area contributed by atoms with Gasteiger partial charge in [0.2, 0.25) is 5.91 Å². The Kier molecular flexibility index (Phi) is 5.27. The molecule has 1 aliphatic rings. The number of likely N-dealkylation sites (N-methyl/N-ethyl adjacent to an activating group) is 1. The van der Waals surface area contributed by atoms with Gasteiger partial charge in [-0.05, 0) is 29.7 Å². The van der Waals surface area contributed by atoms with Crippen molar-refractivity contribution in [1.82, 2.24) is 20.1 Å². The summed E-state index contributed by atoms with van der Waals surface area (Å²) in [6.45, 7) is 2.14. The van der Waals surface area contributed by atoms with Crippen LogP contribution < -0.4 is 5.32 Å². The molecule has 154 valence electrons. The number of nitrogens with one attached hydrogen (secondary N) is 2. The van der Waals surface area contributed by atoms with Crippen molar-refractivity contribution in [3.8, 4) is 0 Å². The van der Waals surface area contributed by atoms with Crippen LogP contribution in [0.25, 0.3) is 10.9 Å². The Morgan fingerprint density at radius 3 is 2.60 bits per heavy atom. The molecule has 0 bridgehead atoms. The quantitative estimate of drug-likeness (QED) is 0.620. The molecule has 2 aromatic carbocycles. The monoisotopic (exact) mass is 404 g/mol. The molecule has 2 N–H and O–H groups in total. The Balaban J connectivity index is 1.41. The van der Waals surface area contributed by atoms with E-state index in [-0.39, 0.29) is 18.4 Å². The molecule has 0 aliphatic carbocycles. The third-order valence-corrected chi connectivity index (χ3v) is 5.59. The second kappa shape index (κ2) is 8.02. The van der Waals surface area contributed by atoms with E-state index < -0.39 is 12.1 Å². The second-order valence-corrected chi connectivity index (χ2v) is 7.67. The van der Waals surface area contributed by atoms with E-state index in [1.165, 1.54) is 4.90 Å². The SMILES string of the molecule is Cc1ccccc1CN(C)C(=O)CN1C(=O)NC(Cc2c[nH]c3ccccc23)C1=O. The van der Waals surface area contributed by atoms with Gasteiger partial charge in [0.05, 0.1) is 0 Å². The number of imide groups is 1. The molecule has 1 aromatic heterocycles. The smallest absolute Gasteiger partial charge is 0.325 e. The molecule has 1 aliphatic heterocycles. The molecular formula is C23H24N4O3. The third-order valence-electron chi connectivity index (χ3n) is 5.59. The predicted molar refractivity (Wildman–Crippen MR) is 114 cm³/mol. The first-order chi connectivity index (χ1) is 14.4. The second-order valence-electron chi connectivity index (χ2n) is 7.67. The maximum Gasteiger partial charge on any atom is 0.325 e. The number of aryl methyl sites for hydroxylation is 1. The van der Waals surface area contributed by atoms with E-state index in [4.69, 9.17) is 0 Å². The van der Waals surface area contributed by atoms with Crippen LogP contribution in [0, 0.1) is 6.92 Å². The van der Waals surface area contributed by atoms with Gasteiger partial charge < -0.3 is 15.2 Å². The molecule has 7 heteroatoms. The van der Waals surface area contributed by atoms with Crippen molar-refractivity contribution in [1.29, 1.82) is 0 Å². The molecule has 0 spiro atoms. The number of rotatable bonds is 6. The lowest BCUT2D eigenvalue weighted by Crippen LogP contribution is -2.41.